The summed E-state index contributed by atoms with van der Waals surface area (Å²) in [6.45, 7) is 0.0912. The van der Waals surface area contributed by atoms with E-state index in [9.17, 15) is 9.59 Å². The van der Waals surface area contributed by atoms with Crippen molar-refractivity contribution in [1.29, 1.82) is 0 Å². The fraction of sp³-hybridized carbons (Fsp3) is 0.273. The lowest BCUT2D eigenvalue weighted by Crippen LogP contribution is -2.26. The van der Waals surface area contributed by atoms with Gasteiger partial charge >= 0.3 is 5.97 Å². The molecule has 2 heterocycles. The first-order valence-corrected chi connectivity index (χ1v) is 6.39. The van der Waals surface area contributed by atoms with Crippen molar-refractivity contribution in [3.8, 4) is 10.6 Å². The quantitative estimate of drug-likeness (QED) is 0.842. The average molecular weight is 280 g/mol. The maximum absolute atomic E-state index is 11.7. The number of amides is 1. The van der Waals surface area contributed by atoms with E-state index in [4.69, 9.17) is 5.11 Å². The van der Waals surface area contributed by atoms with Crippen molar-refractivity contribution in [2.45, 2.75) is 6.42 Å². The Kier molecular flexibility index (Phi) is 3.91. The molecule has 0 radical (unpaired) electrons. The van der Waals surface area contributed by atoms with Gasteiger partial charge in [0.2, 0.25) is 0 Å². The molecule has 0 aromatic carbocycles. The molecule has 19 heavy (non-hydrogen) atoms. The Labute approximate surface area is 112 Å². The third-order valence-electron chi connectivity index (χ3n) is 2.31. The average Bonchev–Trinajstić information content (AvgIpc) is 2.96. The molecule has 0 aliphatic heterocycles. The molecule has 2 rings (SSSR count). The van der Waals surface area contributed by atoms with E-state index in [0.717, 1.165) is 5.56 Å². The monoisotopic (exact) mass is 280 g/mol. The molecule has 0 unspecified atom stereocenters. The van der Waals surface area contributed by atoms with Gasteiger partial charge < -0.3 is 10.4 Å². The van der Waals surface area contributed by atoms with Crippen LogP contribution in [0.15, 0.2) is 17.8 Å². The second-order valence-corrected chi connectivity index (χ2v) is 4.70. The van der Waals surface area contributed by atoms with Gasteiger partial charge in [0.1, 0.15) is 10.7 Å². The van der Waals surface area contributed by atoms with E-state index in [0.29, 0.717) is 5.01 Å². The minimum Gasteiger partial charge on any atom is -0.481 e. The van der Waals surface area contributed by atoms with Crippen LogP contribution in [0.25, 0.3) is 10.6 Å². The lowest BCUT2D eigenvalue weighted by atomic mass is 10.3. The summed E-state index contributed by atoms with van der Waals surface area (Å²) in [6.07, 6.45) is 3.38. The van der Waals surface area contributed by atoms with Gasteiger partial charge in [-0.1, -0.05) is 0 Å². The minimum absolute atomic E-state index is 0.0912. The lowest BCUT2D eigenvalue weighted by molar-refractivity contribution is -0.136. The van der Waals surface area contributed by atoms with Gasteiger partial charge in [0, 0.05) is 30.7 Å². The topological polar surface area (TPSA) is 97.1 Å². The third-order valence-corrected chi connectivity index (χ3v) is 3.20. The molecule has 1 amide bonds. The molecule has 0 bridgehead atoms. The van der Waals surface area contributed by atoms with Crippen molar-refractivity contribution in [2.75, 3.05) is 6.54 Å². The van der Waals surface area contributed by atoms with Crippen molar-refractivity contribution in [1.82, 2.24) is 20.1 Å². The molecule has 7 nitrogen and oxygen atoms in total. The Hall–Kier alpha value is -2.22. The van der Waals surface area contributed by atoms with Crippen LogP contribution in [-0.4, -0.2) is 38.3 Å². The van der Waals surface area contributed by atoms with E-state index in [1.807, 2.05) is 6.20 Å². The number of carboxylic acids is 1. The number of aromatic nitrogens is 3. The molecule has 8 heteroatoms. The van der Waals surface area contributed by atoms with Gasteiger partial charge in [-0.3, -0.25) is 14.3 Å². The number of nitrogens with zero attached hydrogens (tertiary/aromatic N) is 3. The van der Waals surface area contributed by atoms with Crippen LogP contribution in [0.3, 0.4) is 0 Å². The van der Waals surface area contributed by atoms with Gasteiger partial charge in [0.15, 0.2) is 0 Å². The molecule has 2 N–H and O–H groups in total. The van der Waals surface area contributed by atoms with E-state index in [1.165, 1.54) is 11.3 Å². The Morgan fingerprint density at radius 3 is 2.95 bits per heavy atom. The van der Waals surface area contributed by atoms with Gasteiger partial charge in [0.05, 0.1) is 12.6 Å². The van der Waals surface area contributed by atoms with Crippen LogP contribution < -0.4 is 5.32 Å². The fourth-order valence-electron chi connectivity index (χ4n) is 1.42. The molecule has 0 fully saturated rings. The van der Waals surface area contributed by atoms with E-state index in [-0.39, 0.29) is 24.6 Å². The van der Waals surface area contributed by atoms with E-state index in [1.54, 1.807) is 23.3 Å². The summed E-state index contributed by atoms with van der Waals surface area (Å²) in [7, 11) is 1.80. The molecule has 0 saturated heterocycles. The first-order chi connectivity index (χ1) is 9.06. The number of carbonyl (C=O) groups is 2. The van der Waals surface area contributed by atoms with Crippen molar-refractivity contribution in [3.05, 3.63) is 23.5 Å². The third kappa shape index (κ3) is 3.38. The number of rotatable bonds is 5. The zero-order chi connectivity index (χ0) is 13.8. The predicted octanol–water partition coefficient (Wildman–Crippen LogP) is 0.748. The molecular formula is C11H12N4O3S. The zero-order valence-corrected chi connectivity index (χ0v) is 11.0. The van der Waals surface area contributed by atoms with Crippen LogP contribution in [-0.2, 0) is 11.8 Å². The minimum atomic E-state index is -0.949. The smallest absolute Gasteiger partial charge is 0.305 e. The normalized spacial score (nSPS) is 10.4. The number of hydrogen-bond donors (Lipinski definition) is 2. The zero-order valence-electron chi connectivity index (χ0n) is 10.2. The van der Waals surface area contributed by atoms with Crippen LogP contribution >= 0.6 is 11.3 Å². The number of nitrogens with one attached hydrogen (secondary N) is 1. The lowest BCUT2D eigenvalue weighted by Gasteiger charge is -1.99. The highest BCUT2D eigenvalue weighted by molar-refractivity contribution is 7.13. The molecule has 0 spiro atoms. The van der Waals surface area contributed by atoms with Crippen molar-refractivity contribution < 1.29 is 14.7 Å². The highest BCUT2D eigenvalue weighted by Crippen LogP contribution is 2.22. The molecule has 0 saturated carbocycles. The van der Waals surface area contributed by atoms with Crippen LogP contribution in [0.1, 0.15) is 16.9 Å². The maximum atomic E-state index is 11.7. The SMILES string of the molecule is Cn1cc(-c2nc(C(=O)NCCC(=O)O)cs2)cn1. The Bertz CT molecular complexity index is 605. The highest BCUT2D eigenvalue weighted by Gasteiger charge is 2.12. The summed E-state index contributed by atoms with van der Waals surface area (Å²) in [5.41, 5.74) is 1.13. The molecule has 2 aromatic heterocycles. The first-order valence-electron chi connectivity index (χ1n) is 5.51. The largest absolute Gasteiger partial charge is 0.481 e. The van der Waals surface area contributed by atoms with Crippen molar-refractivity contribution >= 4 is 23.2 Å². The summed E-state index contributed by atoms with van der Waals surface area (Å²) in [5.74, 6) is -1.32. The molecular weight excluding hydrogens is 268 g/mol. The number of aryl methyl sites for hydroxylation is 1. The number of aliphatic carboxylic acids is 1. The second kappa shape index (κ2) is 5.61. The van der Waals surface area contributed by atoms with Gasteiger partial charge in [-0.25, -0.2) is 4.98 Å². The molecule has 0 aliphatic carbocycles. The van der Waals surface area contributed by atoms with Crippen LogP contribution in [0.2, 0.25) is 0 Å². The highest BCUT2D eigenvalue weighted by atomic mass is 32.1. The summed E-state index contributed by atoms with van der Waals surface area (Å²) < 4.78 is 1.66. The molecule has 0 aliphatic rings. The van der Waals surface area contributed by atoms with Gasteiger partial charge in [-0.15, -0.1) is 11.3 Å². The Morgan fingerprint density at radius 2 is 2.32 bits per heavy atom. The standard InChI is InChI=1S/C11H12N4O3S/c1-15-5-7(4-13-15)11-14-8(6-19-11)10(18)12-3-2-9(16)17/h4-6H,2-3H2,1H3,(H,12,18)(H,16,17). The Morgan fingerprint density at radius 1 is 1.53 bits per heavy atom. The van der Waals surface area contributed by atoms with Crippen LogP contribution in [0.5, 0.6) is 0 Å². The van der Waals surface area contributed by atoms with E-state index >= 15 is 0 Å². The van der Waals surface area contributed by atoms with E-state index in [2.05, 4.69) is 15.4 Å². The van der Waals surface area contributed by atoms with Gasteiger partial charge in [0.25, 0.3) is 5.91 Å². The number of thiazole rings is 1. The first kappa shape index (κ1) is 13.2. The fourth-order valence-corrected chi connectivity index (χ4v) is 2.19. The van der Waals surface area contributed by atoms with E-state index < -0.39 is 5.97 Å². The van der Waals surface area contributed by atoms with Crippen molar-refractivity contribution in [2.24, 2.45) is 7.05 Å². The molecule has 0 atom stereocenters. The maximum Gasteiger partial charge on any atom is 0.305 e. The second-order valence-electron chi connectivity index (χ2n) is 3.84. The Balaban J connectivity index is 2.00. The summed E-state index contributed by atoms with van der Waals surface area (Å²) in [6, 6.07) is 0. The van der Waals surface area contributed by atoms with Crippen molar-refractivity contribution in [3.63, 3.8) is 0 Å². The summed E-state index contributed by atoms with van der Waals surface area (Å²) in [5, 5.41) is 17.4. The number of carbonyl (C=O) groups excluding carboxylic acids is 1. The molecule has 100 valence electrons. The van der Waals surface area contributed by atoms with Gasteiger partial charge in [-0.2, -0.15) is 5.10 Å². The number of hydrogen-bond acceptors (Lipinski definition) is 5. The molecule has 2 aromatic rings. The van der Waals surface area contributed by atoms with Crippen LogP contribution in [0.4, 0.5) is 0 Å². The summed E-state index contributed by atoms with van der Waals surface area (Å²) >= 11 is 1.34. The van der Waals surface area contributed by atoms with Crippen LogP contribution in [0, 0.1) is 0 Å². The summed E-state index contributed by atoms with van der Waals surface area (Å²) in [4.78, 5) is 26.2. The van der Waals surface area contributed by atoms with Gasteiger partial charge in [-0.05, 0) is 0 Å². The number of carboxylic acid groups (broad SMARTS) is 1. The predicted molar refractivity (Wildman–Crippen MR) is 68.9 cm³/mol.